The SMILES string of the molecule is CC1CCC(C(C)n2c(NCC(N)=O)nc3cc(-c4noc(=O)[nH]4)nc(-c4cncc(Cl)c4)c32)CC1. The van der Waals surface area contributed by atoms with Crippen LogP contribution in [0.5, 0.6) is 0 Å². The lowest BCUT2D eigenvalue weighted by molar-refractivity contribution is -0.116. The van der Waals surface area contributed by atoms with Crippen molar-refractivity contribution in [3.8, 4) is 22.8 Å². The summed E-state index contributed by atoms with van der Waals surface area (Å²) >= 11 is 6.28. The van der Waals surface area contributed by atoms with Gasteiger partial charge >= 0.3 is 5.76 Å². The van der Waals surface area contributed by atoms with Crippen molar-refractivity contribution in [3.63, 3.8) is 0 Å². The highest BCUT2D eigenvalue weighted by Gasteiger charge is 2.29. The Bertz CT molecular complexity index is 1470. The number of imidazole rings is 1. The highest BCUT2D eigenvalue weighted by atomic mass is 35.5. The predicted octanol–water partition coefficient (Wildman–Crippen LogP) is 3.77. The molecule has 4 aromatic heterocycles. The molecule has 0 bridgehead atoms. The van der Waals surface area contributed by atoms with Crippen LogP contribution in [0.25, 0.3) is 33.8 Å². The average Bonchev–Trinajstić information content (AvgIpc) is 3.45. The number of aromatic nitrogens is 6. The number of H-pyrrole nitrogens is 1. The summed E-state index contributed by atoms with van der Waals surface area (Å²) in [6.45, 7) is 4.39. The van der Waals surface area contributed by atoms with Crippen LogP contribution in [0.15, 0.2) is 33.8 Å². The second-order valence-corrected chi connectivity index (χ2v) is 9.88. The fourth-order valence-electron chi connectivity index (χ4n) is 4.99. The van der Waals surface area contributed by atoms with E-state index in [1.807, 2.05) is 0 Å². The number of nitrogens with one attached hydrogen (secondary N) is 2. The van der Waals surface area contributed by atoms with E-state index in [1.54, 1.807) is 24.5 Å². The Morgan fingerprint density at radius 2 is 2.06 bits per heavy atom. The smallest absolute Gasteiger partial charge is 0.368 e. The topological polar surface area (TPSA) is 158 Å². The highest BCUT2D eigenvalue weighted by Crippen LogP contribution is 2.41. The monoisotopic (exact) mass is 510 g/mol. The van der Waals surface area contributed by atoms with Crippen molar-refractivity contribution in [2.75, 3.05) is 11.9 Å². The van der Waals surface area contributed by atoms with E-state index in [0.29, 0.717) is 45.3 Å². The van der Waals surface area contributed by atoms with E-state index < -0.39 is 11.7 Å². The molecule has 188 valence electrons. The molecule has 0 aliphatic heterocycles. The van der Waals surface area contributed by atoms with Gasteiger partial charge in [-0.25, -0.2) is 14.8 Å². The maximum atomic E-state index is 11.6. The number of carbonyl (C=O) groups excluding carboxylic acids is 1. The van der Waals surface area contributed by atoms with Gasteiger partial charge in [-0.3, -0.25) is 19.3 Å². The molecule has 4 aromatic rings. The van der Waals surface area contributed by atoms with Gasteiger partial charge in [-0.1, -0.05) is 36.5 Å². The van der Waals surface area contributed by atoms with Crippen molar-refractivity contribution in [1.29, 1.82) is 0 Å². The number of hydrogen-bond acceptors (Lipinski definition) is 8. The molecule has 0 aromatic carbocycles. The summed E-state index contributed by atoms with van der Waals surface area (Å²) in [6, 6.07) is 3.56. The minimum Gasteiger partial charge on any atom is -0.368 e. The van der Waals surface area contributed by atoms with Gasteiger partial charge in [0.2, 0.25) is 17.7 Å². The first kappa shape index (κ1) is 24.0. The van der Waals surface area contributed by atoms with Gasteiger partial charge in [0.25, 0.3) is 0 Å². The van der Waals surface area contributed by atoms with Crippen LogP contribution in [0.1, 0.15) is 45.6 Å². The van der Waals surface area contributed by atoms with Crippen molar-refractivity contribution in [2.45, 2.75) is 45.6 Å². The summed E-state index contributed by atoms with van der Waals surface area (Å²) in [7, 11) is 0. The van der Waals surface area contributed by atoms with Crippen molar-refractivity contribution in [3.05, 3.63) is 40.1 Å². The number of nitrogens with zero attached hydrogens (tertiary/aromatic N) is 5. The lowest BCUT2D eigenvalue weighted by Crippen LogP contribution is -2.26. The van der Waals surface area contributed by atoms with E-state index in [0.717, 1.165) is 18.4 Å². The number of aromatic amines is 1. The third-order valence-corrected chi connectivity index (χ3v) is 7.11. The van der Waals surface area contributed by atoms with Gasteiger partial charge in [0.15, 0.2) is 0 Å². The molecule has 1 amide bonds. The number of amides is 1. The first-order chi connectivity index (χ1) is 17.3. The number of primary amides is 1. The molecule has 11 nitrogen and oxygen atoms in total. The van der Waals surface area contributed by atoms with E-state index in [2.05, 4.69) is 38.9 Å². The molecule has 1 aliphatic carbocycles. The number of fused-ring (bicyclic) bond motifs is 1. The average molecular weight is 511 g/mol. The van der Waals surface area contributed by atoms with Gasteiger partial charge < -0.3 is 15.6 Å². The van der Waals surface area contributed by atoms with Gasteiger partial charge in [0.05, 0.1) is 28.3 Å². The summed E-state index contributed by atoms with van der Waals surface area (Å²) < 4.78 is 6.79. The standard InChI is InChI=1S/C24H27ClN8O3/c1-12-3-5-14(6-4-12)13(2)33-21-17(30-23(33)28-11-19(26)34)8-18(22-31-24(35)36-32-22)29-20(21)15-7-16(25)10-27-9-15/h7-10,12-14H,3-6,11H2,1-2H3,(H2,26,34)(H,28,30)(H,31,32,35). The summed E-state index contributed by atoms with van der Waals surface area (Å²) in [5.74, 6) is 0.637. The quantitative estimate of drug-likeness (QED) is 0.339. The highest BCUT2D eigenvalue weighted by molar-refractivity contribution is 6.30. The van der Waals surface area contributed by atoms with Crippen LogP contribution in [0.2, 0.25) is 5.02 Å². The van der Waals surface area contributed by atoms with Gasteiger partial charge in [-0.2, -0.15) is 0 Å². The molecule has 4 N–H and O–H groups in total. The first-order valence-electron chi connectivity index (χ1n) is 11.9. The van der Waals surface area contributed by atoms with E-state index in [1.165, 1.54) is 12.8 Å². The number of halogens is 1. The summed E-state index contributed by atoms with van der Waals surface area (Å²) in [4.78, 5) is 39.6. The predicted molar refractivity (Wildman–Crippen MR) is 135 cm³/mol. The molecule has 0 radical (unpaired) electrons. The van der Waals surface area contributed by atoms with Crippen molar-refractivity contribution >= 4 is 34.5 Å². The molecule has 12 heteroatoms. The Kier molecular flexibility index (Phi) is 6.48. The second-order valence-electron chi connectivity index (χ2n) is 9.45. The molecule has 0 saturated heterocycles. The normalized spacial score (nSPS) is 18.9. The molecule has 5 rings (SSSR count). The van der Waals surface area contributed by atoms with Crippen molar-refractivity contribution in [2.24, 2.45) is 17.6 Å². The van der Waals surface area contributed by atoms with Crippen LogP contribution < -0.4 is 16.8 Å². The second kappa shape index (κ2) is 9.73. The number of anilines is 1. The largest absolute Gasteiger partial charge is 0.439 e. The Balaban J connectivity index is 1.74. The lowest BCUT2D eigenvalue weighted by Gasteiger charge is -2.32. The minimum atomic E-state index is -0.688. The van der Waals surface area contributed by atoms with Gasteiger partial charge in [0, 0.05) is 24.0 Å². The van der Waals surface area contributed by atoms with Crippen molar-refractivity contribution < 1.29 is 9.32 Å². The summed E-state index contributed by atoms with van der Waals surface area (Å²) in [5, 5.41) is 7.34. The Hall–Kier alpha value is -3.73. The van der Waals surface area contributed by atoms with Crippen LogP contribution in [-0.4, -0.2) is 42.1 Å². The van der Waals surface area contributed by atoms with Crippen LogP contribution in [0, 0.1) is 11.8 Å². The number of rotatable bonds is 7. The van der Waals surface area contributed by atoms with Crippen LogP contribution >= 0.6 is 11.6 Å². The van der Waals surface area contributed by atoms with Gasteiger partial charge in [-0.15, -0.1) is 0 Å². The van der Waals surface area contributed by atoms with Gasteiger partial charge in [0.1, 0.15) is 5.69 Å². The lowest BCUT2D eigenvalue weighted by atomic mass is 9.79. The maximum absolute atomic E-state index is 11.6. The molecule has 1 fully saturated rings. The Labute approximate surface area is 211 Å². The van der Waals surface area contributed by atoms with E-state index in [9.17, 15) is 9.59 Å². The molecule has 1 atom stereocenters. The zero-order chi connectivity index (χ0) is 25.4. The summed E-state index contributed by atoms with van der Waals surface area (Å²) in [5.41, 5.74) is 8.40. The molecule has 1 saturated carbocycles. The molecular weight excluding hydrogens is 484 g/mol. The van der Waals surface area contributed by atoms with E-state index >= 15 is 0 Å². The molecule has 36 heavy (non-hydrogen) atoms. The molecule has 4 heterocycles. The van der Waals surface area contributed by atoms with Crippen molar-refractivity contribution in [1.82, 2.24) is 29.7 Å². The fraction of sp³-hybridized carbons (Fsp3) is 0.417. The third kappa shape index (κ3) is 4.70. The zero-order valence-corrected chi connectivity index (χ0v) is 20.7. The number of hydrogen-bond donors (Lipinski definition) is 3. The molecule has 1 aliphatic rings. The van der Waals surface area contributed by atoms with Crippen LogP contribution in [0.4, 0.5) is 5.95 Å². The van der Waals surface area contributed by atoms with Crippen LogP contribution in [0.3, 0.4) is 0 Å². The maximum Gasteiger partial charge on any atom is 0.439 e. The van der Waals surface area contributed by atoms with E-state index in [4.69, 9.17) is 31.8 Å². The minimum absolute atomic E-state index is 0.0586. The first-order valence-corrected chi connectivity index (χ1v) is 12.3. The number of nitrogens with two attached hydrogens (primary N) is 1. The molecule has 1 unspecified atom stereocenters. The zero-order valence-electron chi connectivity index (χ0n) is 20.0. The fourth-order valence-corrected chi connectivity index (χ4v) is 5.17. The Morgan fingerprint density at radius 1 is 1.28 bits per heavy atom. The number of carbonyl (C=O) groups is 1. The summed E-state index contributed by atoms with van der Waals surface area (Å²) in [6.07, 6.45) is 7.74. The molecular formula is C24H27ClN8O3. The van der Waals surface area contributed by atoms with Gasteiger partial charge in [-0.05, 0) is 43.7 Å². The number of pyridine rings is 2. The third-order valence-electron chi connectivity index (χ3n) is 6.90. The Morgan fingerprint density at radius 3 is 2.72 bits per heavy atom. The molecule has 0 spiro atoms. The van der Waals surface area contributed by atoms with Crippen LogP contribution in [-0.2, 0) is 4.79 Å². The van der Waals surface area contributed by atoms with E-state index in [-0.39, 0.29) is 18.4 Å².